The average molecular weight is 251 g/mol. The van der Waals surface area contributed by atoms with Gasteiger partial charge in [0.15, 0.2) is 0 Å². The van der Waals surface area contributed by atoms with Crippen LogP contribution in [-0.4, -0.2) is 16.7 Å². The number of hydrogen-bond donors (Lipinski definition) is 1. The zero-order valence-corrected chi connectivity index (χ0v) is 11.2. The highest BCUT2D eigenvalue weighted by atomic mass is 32.1. The van der Waals surface area contributed by atoms with E-state index in [1.165, 1.54) is 5.56 Å². The summed E-state index contributed by atoms with van der Waals surface area (Å²) in [6, 6.07) is 0. The van der Waals surface area contributed by atoms with Gasteiger partial charge in [0, 0.05) is 17.5 Å². The predicted molar refractivity (Wildman–Crippen MR) is 69.0 cm³/mol. The van der Waals surface area contributed by atoms with Crippen molar-refractivity contribution in [2.75, 3.05) is 6.54 Å². The molecule has 0 fully saturated rings. The second kappa shape index (κ2) is 4.58. The first kappa shape index (κ1) is 12.3. The maximum absolute atomic E-state index is 5.78. The normalized spacial score (nSPS) is 14.8. The first-order valence-corrected chi connectivity index (χ1v) is 6.62. The Kier molecular flexibility index (Phi) is 3.31. The molecule has 92 valence electrons. The molecule has 1 atom stereocenters. The van der Waals surface area contributed by atoms with Crippen LogP contribution in [0.4, 0.5) is 0 Å². The van der Waals surface area contributed by atoms with Crippen molar-refractivity contribution in [3.8, 4) is 11.4 Å². The zero-order chi connectivity index (χ0) is 12.5. The number of aryl methyl sites for hydroxylation is 1. The van der Waals surface area contributed by atoms with Gasteiger partial charge in [-0.15, -0.1) is 0 Å². The fraction of sp³-hybridized carbons (Fsp3) is 0.500. The van der Waals surface area contributed by atoms with Crippen molar-refractivity contribution < 1.29 is 4.52 Å². The van der Waals surface area contributed by atoms with Gasteiger partial charge in [-0.2, -0.15) is 16.3 Å². The Morgan fingerprint density at radius 3 is 2.76 bits per heavy atom. The van der Waals surface area contributed by atoms with Crippen LogP contribution in [0.3, 0.4) is 0 Å². The van der Waals surface area contributed by atoms with Gasteiger partial charge in [0.25, 0.3) is 0 Å². The Morgan fingerprint density at radius 2 is 2.24 bits per heavy atom. The van der Waals surface area contributed by atoms with Crippen LogP contribution in [0, 0.1) is 6.92 Å². The lowest BCUT2D eigenvalue weighted by Crippen LogP contribution is -2.31. The molecule has 0 saturated heterocycles. The van der Waals surface area contributed by atoms with Gasteiger partial charge in [-0.3, -0.25) is 0 Å². The van der Waals surface area contributed by atoms with Crippen LogP contribution in [-0.2, 0) is 5.41 Å². The summed E-state index contributed by atoms with van der Waals surface area (Å²) in [5.41, 5.74) is 7.77. The molecule has 0 aliphatic rings. The minimum atomic E-state index is -0.227. The average Bonchev–Trinajstić information content (AvgIpc) is 2.96. The summed E-state index contributed by atoms with van der Waals surface area (Å²) in [6.07, 6.45) is 0.883. The highest BCUT2D eigenvalue weighted by Gasteiger charge is 2.30. The van der Waals surface area contributed by atoms with E-state index in [1.54, 1.807) is 11.3 Å². The molecular formula is C12H17N3OS. The molecule has 0 aliphatic heterocycles. The van der Waals surface area contributed by atoms with E-state index in [4.69, 9.17) is 10.3 Å². The maximum Gasteiger partial charge on any atom is 0.234 e. The molecule has 0 bridgehead atoms. The van der Waals surface area contributed by atoms with E-state index in [-0.39, 0.29) is 5.41 Å². The summed E-state index contributed by atoms with van der Waals surface area (Å²) in [7, 11) is 0. The number of rotatable bonds is 4. The molecule has 2 aromatic rings. The summed E-state index contributed by atoms with van der Waals surface area (Å²) in [4.78, 5) is 4.48. The molecule has 1 unspecified atom stereocenters. The SMILES string of the molecule is CCC(C)(CN)c1nc(-c2cscc2C)no1. The van der Waals surface area contributed by atoms with Gasteiger partial charge < -0.3 is 10.3 Å². The van der Waals surface area contributed by atoms with Crippen molar-refractivity contribution in [2.45, 2.75) is 32.6 Å². The van der Waals surface area contributed by atoms with E-state index in [0.717, 1.165) is 12.0 Å². The van der Waals surface area contributed by atoms with Crippen LogP contribution >= 0.6 is 11.3 Å². The molecule has 0 aromatic carbocycles. The molecule has 2 heterocycles. The lowest BCUT2D eigenvalue weighted by molar-refractivity contribution is 0.291. The lowest BCUT2D eigenvalue weighted by atomic mass is 9.88. The largest absolute Gasteiger partial charge is 0.338 e. The quantitative estimate of drug-likeness (QED) is 0.907. The summed E-state index contributed by atoms with van der Waals surface area (Å²) in [5.74, 6) is 1.29. The van der Waals surface area contributed by atoms with Crippen molar-refractivity contribution in [1.29, 1.82) is 0 Å². The van der Waals surface area contributed by atoms with Crippen molar-refractivity contribution >= 4 is 11.3 Å². The minimum absolute atomic E-state index is 0.227. The second-order valence-electron chi connectivity index (χ2n) is 4.51. The Labute approximate surface area is 105 Å². The van der Waals surface area contributed by atoms with E-state index in [0.29, 0.717) is 18.3 Å². The Bertz CT molecular complexity index is 499. The molecule has 0 spiro atoms. The minimum Gasteiger partial charge on any atom is -0.338 e. The van der Waals surface area contributed by atoms with Crippen LogP contribution in [0.25, 0.3) is 11.4 Å². The number of nitrogens with zero attached hydrogens (tertiary/aromatic N) is 2. The van der Waals surface area contributed by atoms with Crippen molar-refractivity contribution in [2.24, 2.45) is 5.73 Å². The van der Waals surface area contributed by atoms with Crippen LogP contribution in [0.15, 0.2) is 15.3 Å². The molecule has 0 saturated carbocycles. The highest BCUT2D eigenvalue weighted by molar-refractivity contribution is 7.08. The summed E-state index contributed by atoms with van der Waals surface area (Å²) in [6.45, 7) is 6.68. The first-order valence-electron chi connectivity index (χ1n) is 5.68. The highest BCUT2D eigenvalue weighted by Crippen LogP contribution is 2.29. The van der Waals surface area contributed by atoms with Gasteiger partial charge in [-0.05, 0) is 31.2 Å². The standard InChI is InChI=1S/C12H17N3OS/c1-4-12(3,7-13)11-14-10(15-16-11)9-6-17-5-8(9)2/h5-6H,4,7,13H2,1-3H3. The number of nitrogens with two attached hydrogens (primary N) is 1. The lowest BCUT2D eigenvalue weighted by Gasteiger charge is -2.20. The van der Waals surface area contributed by atoms with Crippen LogP contribution in [0.5, 0.6) is 0 Å². The van der Waals surface area contributed by atoms with E-state index < -0.39 is 0 Å². The third-order valence-corrected chi connectivity index (χ3v) is 4.13. The Morgan fingerprint density at radius 1 is 1.47 bits per heavy atom. The Hall–Kier alpha value is -1.20. The van der Waals surface area contributed by atoms with Crippen LogP contribution in [0.1, 0.15) is 31.7 Å². The maximum atomic E-state index is 5.78. The molecule has 0 amide bonds. The van der Waals surface area contributed by atoms with E-state index in [9.17, 15) is 0 Å². The van der Waals surface area contributed by atoms with Crippen molar-refractivity contribution in [3.63, 3.8) is 0 Å². The van der Waals surface area contributed by atoms with Gasteiger partial charge in [0.2, 0.25) is 11.7 Å². The van der Waals surface area contributed by atoms with Gasteiger partial charge in [0.05, 0.1) is 5.41 Å². The van der Waals surface area contributed by atoms with Gasteiger partial charge in [0.1, 0.15) is 0 Å². The molecule has 0 aliphatic carbocycles. The summed E-state index contributed by atoms with van der Waals surface area (Å²) < 4.78 is 5.35. The summed E-state index contributed by atoms with van der Waals surface area (Å²) in [5, 5.41) is 8.16. The first-order chi connectivity index (χ1) is 8.10. The van der Waals surface area contributed by atoms with Gasteiger partial charge in [-0.1, -0.05) is 12.1 Å². The zero-order valence-electron chi connectivity index (χ0n) is 10.4. The number of aromatic nitrogens is 2. The molecule has 2 aromatic heterocycles. The molecule has 0 radical (unpaired) electrons. The Balaban J connectivity index is 2.37. The molecule has 4 nitrogen and oxygen atoms in total. The van der Waals surface area contributed by atoms with Crippen molar-refractivity contribution in [3.05, 3.63) is 22.2 Å². The third kappa shape index (κ3) is 2.12. The second-order valence-corrected chi connectivity index (χ2v) is 5.25. The number of thiophene rings is 1. The fourth-order valence-corrected chi connectivity index (χ4v) is 2.38. The van der Waals surface area contributed by atoms with Crippen molar-refractivity contribution in [1.82, 2.24) is 10.1 Å². The monoisotopic (exact) mass is 251 g/mol. The molecule has 2 N–H and O–H groups in total. The predicted octanol–water partition coefficient (Wildman–Crippen LogP) is 2.73. The van der Waals surface area contributed by atoms with Gasteiger partial charge in [-0.25, -0.2) is 0 Å². The van der Waals surface area contributed by atoms with E-state index in [2.05, 4.69) is 22.4 Å². The smallest absolute Gasteiger partial charge is 0.234 e. The fourth-order valence-electron chi connectivity index (χ4n) is 1.55. The summed E-state index contributed by atoms with van der Waals surface area (Å²) >= 11 is 1.64. The van der Waals surface area contributed by atoms with Crippen LogP contribution in [0.2, 0.25) is 0 Å². The number of hydrogen-bond acceptors (Lipinski definition) is 5. The van der Waals surface area contributed by atoms with E-state index in [1.807, 2.05) is 19.2 Å². The van der Waals surface area contributed by atoms with E-state index >= 15 is 0 Å². The van der Waals surface area contributed by atoms with Crippen LogP contribution < -0.4 is 5.73 Å². The molecule has 17 heavy (non-hydrogen) atoms. The molecule has 2 rings (SSSR count). The molecule has 5 heteroatoms. The molecular weight excluding hydrogens is 234 g/mol. The van der Waals surface area contributed by atoms with Gasteiger partial charge >= 0.3 is 0 Å². The topological polar surface area (TPSA) is 64.9 Å². The third-order valence-electron chi connectivity index (χ3n) is 3.27.